The average molecular weight is 348 g/mol. The smallest absolute Gasteiger partial charge is 0.242 e. The lowest BCUT2D eigenvalue weighted by Crippen LogP contribution is -2.46. The summed E-state index contributed by atoms with van der Waals surface area (Å²) in [4.78, 5) is 15.1. The highest BCUT2D eigenvalue weighted by Crippen LogP contribution is 2.23. The third kappa shape index (κ3) is 5.80. The number of hydrogen-bond acceptors (Lipinski definition) is 4. The van der Waals surface area contributed by atoms with Crippen LogP contribution in [0.1, 0.15) is 49.3 Å². The molecule has 1 amide bonds. The number of hydrogen-bond donors (Lipinski definition) is 1. The Morgan fingerprint density at radius 3 is 2.32 bits per heavy atom. The van der Waals surface area contributed by atoms with Gasteiger partial charge in [-0.1, -0.05) is 49.1 Å². The molecule has 1 atom stereocenters. The normalized spacial score (nSPS) is 17.0. The van der Waals surface area contributed by atoms with Crippen molar-refractivity contribution >= 4 is 5.91 Å². The molecule has 1 aromatic rings. The van der Waals surface area contributed by atoms with E-state index >= 15 is 0 Å². The summed E-state index contributed by atoms with van der Waals surface area (Å²) >= 11 is 0. The minimum atomic E-state index is -0.361. The van der Waals surface area contributed by atoms with Crippen LogP contribution >= 0.6 is 0 Å². The number of carbonyl (C=O) groups excluding carboxylic acids is 1. The Bertz CT molecular complexity index is 522. The van der Waals surface area contributed by atoms with Gasteiger partial charge in [-0.05, 0) is 32.4 Å². The Labute approximate surface area is 151 Å². The van der Waals surface area contributed by atoms with E-state index in [1.54, 1.807) is 14.2 Å². The zero-order valence-electron chi connectivity index (χ0n) is 16.0. The monoisotopic (exact) mass is 348 g/mol. The highest BCUT2D eigenvalue weighted by molar-refractivity contribution is 5.83. The zero-order chi connectivity index (χ0) is 18.2. The minimum absolute atomic E-state index is 0.0595. The summed E-state index contributed by atoms with van der Waals surface area (Å²) in [6, 6.07) is 8.11. The van der Waals surface area contributed by atoms with Gasteiger partial charge < -0.3 is 14.8 Å². The molecule has 0 unspecified atom stereocenters. The topological polar surface area (TPSA) is 50.8 Å². The molecule has 0 heterocycles. The third-order valence-electron chi connectivity index (χ3n) is 5.00. The molecule has 1 saturated carbocycles. The van der Waals surface area contributed by atoms with Gasteiger partial charge in [-0.3, -0.25) is 9.69 Å². The second kappa shape index (κ2) is 9.90. The summed E-state index contributed by atoms with van der Waals surface area (Å²) < 4.78 is 10.6. The van der Waals surface area contributed by atoms with Crippen molar-refractivity contribution in [3.05, 3.63) is 35.4 Å². The van der Waals surface area contributed by atoms with E-state index in [9.17, 15) is 4.79 Å². The maximum Gasteiger partial charge on any atom is 0.242 e. The van der Waals surface area contributed by atoms with Crippen LogP contribution in [-0.2, 0) is 14.3 Å². The molecule has 2 rings (SSSR count). The first-order chi connectivity index (χ1) is 12.0. The number of ether oxygens (including phenoxy) is 2. The van der Waals surface area contributed by atoms with Gasteiger partial charge in [0.05, 0.1) is 6.54 Å². The van der Waals surface area contributed by atoms with E-state index in [4.69, 9.17) is 9.47 Å². The van der Waals surface area contributed by atoms with Crippen LogP contribution in [0.3, 0.4) is 0 Å². The van der Waals surface area contributed by atoms with E-state index < -0.39 is 0 Å². The Morgan fingerprint density at radius 2 is 1.76 bits per heavy atom. The number of rotatable bonds is 8. The van der Waals surface area contributed by atoms with Crippen LogP contribution in [0.5, 0.6) is 0 Å². The SMILES string of the molecule is COC(CN(C)[C@@H](C(=O)NC1CCCCC1)c1ccc(C)cc1)OC. The molecule has 5 heteroatoms. The van der Waals surface area contributed by atoms with Crippen LogP contribution in [0.15, 0.2) is 24.3 Å². The lowest BCUT2D eigenvalue weighted by Gasteiger charge is -2.32. The van der Waals surface area contributed by atoms with E-state index in [0.29, 0.717) is 12.6 Å². The Kier molecular flexibility index (Phi) is 7.88. The molecule has 0 aromatic heterocycles. The van der Waals surface area contributed by atoms with E-state index in [-0.39, 0.29) is 18.2 Å². The minimum Gasteiger partial charge on any atom is -0.355 e. The number of likely N-dealkylation sites (N-methyl/N-ethyl adjacent to an activating group) is 1. The van der Waals surface area contributed by atoms with Crippen LogP contribution in [0, 0.1) is 6.92 Å². The first-order valence-corrected chi connectivity index (χ1v) is 9.18. The van der Waals surface area contributed by atoms with E-state index in [2.05, 4.69) is 12.2 Å². The van der Waals surface area contributed by atoms with Gasteiger partial charge in [-0.2, -0.15) is 0 Å². The number of methoxy groups -OCH3 is 2. The lowest BCUT2D eigenvalue weighted by molar-refractivity contribution is -0.135. The van der Waals surface area contributed by atoms with Crippen molar-refractivity contribution in [1.29, 1.82) is 0 Å². The molecule has 140 valence electrons. The average Bonchev–Trinajstić information content (AvgIpc) is 2.62. The fraction of sp³-hybridized carbons (Fsp3) is 0.650. The number of nitrogens with zero attached hydrogens (tertiary/aromatic N) is 1. The van der Waals surface area contributed by atoms with Gasteiger partial charge in [-0.15, -0.1) is 0 Å². The van der Waals surface area contributed by atoms with Crippen molar-refractivity contribution in [3.63, 3.8) is 0 Å². The molecule has 0 saturated heterocycles. The molecule has 1 N–H and O–H groups in total. The molecule has 0 radical (unpaired) electrons. The van der Waals surface area contributed by atoms with Crippen LogP contribution in [0.4, 0.5) is 0 Å². The van der Waals surface area contributed by atoms with Crippen LogP contribution in [0.2, 0.25) is 0 Å². The van der Waals surface area contributed by atoms with E-state index in [0.717, 1.165) is 18.4 Å². The predicted molar refractivity (Wildman–Crippen MR) is 99.4 cm³/mol. The van der Waals surface area contributed by atoms with Crippen molar-refractivity contribution < 1.29 is 14.3 Å². The highest BCUT2D eigenvalue weighted by Gasteiger charge is 2.29. The number of nitrogens with one attached hydrogen (secondary N) is 1. The first-order valence-electron chi connectivity index (χ1n) is 9.18. The van der Waals surface area contributed by atoms with Crippen LogP contribution in [0.25, 0.3) is 0 Å². The quantitative estimate of drug-likeness (QED) is 0.734. The van der Waals surface area contributed by atoms with E-state index in [1.807, 2.05) is 36.2 Å². The summed E-state index contributed by atoms with van der Waals surface area (Å²) in [5, 5.41) is 3.26. The highest BCUT2D eigenvalue weighted by atomic mass is 16.7. The molecule has 1 fully saturated rings. The van der Waals surface area contributed by atoms with Crippen molar-refractivity contribution in [2.24, 2.45) is 0 Å². The largest absolute Gasteiger partial charge is 0.355 e. The van der Waals surface area contributed by atoms with E-state index in [1.165, 1.54) is 24.8 Å². The lowest BCUT2D eigenvalue weighted by atomic mass is 9.94. The standard InChI is InChI=1S/C20H32N2O3/c1-15-10-12-16(13-11-15)19(22(2)14-18(24-3)25-4)20(23)21-17-8-6-5-7-9-17/h10-13,17-19H,5-9,14H2,1-4H3,(H,21,23)/t19-/m1/s1. The van der Waals surface area contributed by atoms with Crippen molar-refractivity contribution in [3.8, 4) is 0 Å². The Morgan fingerprint density at radius 1 is 1.16 bits per heavy atom. The second-order valence-corrected chi connectivity index (χ2v) is 7.00. The summed E-state index contributed by atoms with van der Waals surface area (Å²) in [5.41, 5.74) is 2.18. The molecule has 0 aliphatic heterocycles. The predicted octanol–water partition coefficient (Wildman–Crippen LogP) is 3.04. The number of carbonyl (C=O) groups is 1. The van der Waals surface area contributed by atoms with Gasteiger partial charge in [0.1, 0.15) is 6.04 Å². The summed E-state index contributed by atoms with van der Waals surface area (Å²) in [5.74, 6) is 0.0595. The summed E-state index contributed by atoms with van der Waals surface area (Å²) in [6.07, 6.45) is 5.47. The molecular formula is C20H32N2O3. The van der Waals surface area contributed by atoms with Crippen molar-refractivity contribution in [2.45, 2.75) is 57.4 Å². The molecule has 1 aliphatic rings. The molecule has 1 aliphatic carbocycles. The number of benzene rings is 1. The van der Waals surface area contributed by atoms with Gasteiger partial charge >= 0.3 is 0 Å². The molecule has 0 bridgehead atoms. The molecular weight excluding hydrogens is 316 g/mol. The zero-order valence-corrected chi connectivity index (χ0v) is 16.0. The first kappa shape index (κ1) is 19.9. The van der Waals surface area contributed by atoms with Crippen molar-refractivity contribution in [2.75, 3.05) is 27.8 Å². The number of amides is 1. The third-order valence-corrected chi connectivity index (χ3v) is 5.00. The van der Waals surface area contributed by atoms with Crippen LogP contribution < -0.4 is 5.32 Å². The fourth-order valence-corrected chi connectivity index (χ4v) is 3.47. The molecule has 0 spiro atoms. The van der Waals surface area contributed by atoms with Gasteiger partial charge in [0.2, 0.25) is 5.91 Å². The maximum absolute atomic E-state index is 13.1. The second-order valence-electron chi connectivity index (χ2n) is 7.00. The maximum atomic E-state index is 13.1. The Hall–Kier alpha value is -1.43. The fourth-order valence-electron chi connectivity index (χ4n) is 3.47. The van der Waals surface area contributed by atoms with Gasteiger partial charge in [0, 0.05) is 20.3 Å². The van der Waals surface area contributed by atoms with Gasteiger partial charge in [0.25, 0.3) is 0 Å². The van der Waals surface area contributed by atoms with Crippen LogP contribution in [-0.4, -0.2) is 51.0 Å². The van der Waals surface area contributed by atoms with Crippen molar-refractivity contribution in [1.82, 2.24) is 10.2 Å². The van der Waals surface area contributed by atoms with Gasteiger partial charge in [-0.25, -0.2) is 0 Å². The molecule has 1 aromatic carbocycles. The summed E-state index contributed by atoms with van der Waals surface area (Å²) in [7, 11) is 5.17. The number of aryl methyl sites for hydroxylation is 1. The van der Waals surface area contributed by atoms with Gasteiger partial charge in [0.15, 0.2) is 6.29 Å². The summed E-state index contributed by atoms with van der Waals surface area (Å²) in [6.45, 7) is 2.57. The molecule has 5 nitrogen and oxygen atoms in total. The Balaban J connectivity index is 2.15. The molecule has 25 heavy (non-hydrogen) atoms.